The first kappa shape index (κ1) is 11.0. The van der Waals surface area contributed by atoms with Gasteiger partial charge in [0.1, 0.15) is 0 Å². The van der Waals surface area contributed by atoms with Gasteiger partial charge in [0.15, 0.2) is 0 Å². The van der Waals surface area contributed by atoms with Crippen molar-refractivity contribution in [2.24, 2.45) is 0 Å². The van der Waals surface area contributed by atoms with E-state index in [2.05, 4.69) is 55.6 Å². The summed E-state index contributed by atoms with van der Waals surface area (Å²) in [5.74, 6) is 0. The van der Waals surface area contributed by atoms with Crippen LogP contribution in [0.1, 0.15) is 24.0 Å². The molecule has 0 saturated carbocycles. The number of fused-ring (bicyclic) bond motifs is 2. The van der Waals surface area contributed by atoms with Crippen LogP contribution in [0.2, 0.25) is 0 Å². The fourth-order valence-corrected chi connectivity index (χ4v) is 3.56. The van der Waals surface area contributed by atoms with Crippen LogP contribution in [0, 0.1) is 0 Å². The van der Waals surface area contributed by atoms with Crippen molar-refractivity contribution in [3.63, 3.8) is 0 Å². The molecule has 0 amide bonds. The minimum absolute atomic E-state index is 0.413. The first-order valence-electron chi connectivity index (χ1n) is 6.00. The Labute approximate surface area is 111 Å². The van der Waals surface area contributed by atoms with Crippen molar-refractivity contribution in [1.29, 1.82) is 0 Å². The zero-order valence-electron chi connectivity index (χ0n) is 9.38. The van der Waals surface area contributed by atoms with Crippen molar-refractivity contribution in [2.75, 3.05) is 19.6 Å². The third-order valence-electron chi connectivity index (χ3n) is 4.03. The molecule has 0 aromatic heterocycles. The molecule has 0 aliphatic carbocycles. The highest BCUT2D eigenvalue weighted by Crippen LogP contribution is 2.39. The molecule has 3 rings (SSSR count). The third-order valence-corrected chi connectivity index (χ3v) is 5.00. The molecule has 3 heteroatoms. The van der Waals surface area contributed by atoms with E-state index in [0.29, 0.717) is 5.41 Å². The standard InChI is InChI=1S/C13H17IN2/c14-16-7-5-13(6-8-16)10-15-9-11-3-1-2-4-12(11)13/h1-4,15H,5-10H2. The van der Waals surface area contributed by atoms with Gasteiger partial charge in [-0.15, -0.1) is 0 Å². The van der Waals surface area contributed by atoms with Gasteiger partial charge >= 0.3 is 0 Å². The van der Waals surface area contributed by atoms with E-state index in [1.54, 1.807) is 5.56 Å². The summed E-state index contributed by atoms with van der Waals surface area (Å²) in [5.41, 5.74) is 3.53. The van der Waals surface area contributed by atoms with Gasteiger partial charge in [-0.3, -0.25) is 0 Å². The van der Waals surface area contributed by atoms with Gasteiger partial charge in [0.05, 0.1) is 0 Å². The van der Waals surface area contributed by atoms with E-state index in [9.17, 15) is 0 Å². The van der Waals surface area contributed by atoms with Crippen molar-refractivity contribution in [3.8, 4) is 0 Å². The molecule has 0 unspecified atom stereocenters. The lowest BCUT2D eigenvalue weighted by Gasteiger charge is -2.44. The second-order valence-electron chi connectivity index (χ2n) is 4.95. The maximum Gasteiger partial charge on any atom is 0.0208 e. The van der Waals surface area contributed by atoms with E-state index >= 15 is 0 Å². The molecule has 1 aromatic rings. The Hall–Kier alpha value is -0.130. The Kier molecular flexibility index (Phi) is 2.94. The maximum absolute atomic E-state index is 3.60. The van der Waals surface area contributed by atoms with Gasteiger partial charge in [-0.05, 0) is 24.0 Å². The summed E-state index contributed by atoms with van der Waals surface area (Å²) < 4.78 is 2.42. The molecule has 1 spiro atoms. The van der Waals surface area contributed by atoms with Crippen molar-refractivity contribution in [2.45, 2.75) is 24.8 Å². The van der Waals surface area contributed by atoms with Gasteiger partial charge in [0.25, 0.3) is 0 Å². The van der Waals surface area contributed by atoms with Gasteiger partial charge in [0.2, 0.25) is 0 Å². The summed E-state index contributed by atoms with van der Waals surface area (Å²) in [5, 5.41) is 3.60. The molecule has 1 saturated heterocycles. The van der Waals surface area contributed by atoms with E-state index in [1.807, 2.05) is 0 Å². The zero-order chi connectivity index (χ0) is 11.0. The predicted octanol–water partition coefficient (Wildman–Crippen LogP) is 2.47. The Morgan fingerprint density at radius 3 is 2.75 bits per heavy atom. The molecule has 2 aliphatic heterocycles. The number of nitrogens with zero attached hydrogens (tertiary/aromatic N) is 1. The molecule has 2 aliphatic rings. The largest absolute Gasteiger partial charge is 0.312 e. The van der Waals surface area contributed by atoms with Crippen LogP contribution in [0.15, 0.2) is 24.3 Å². The van der Waals surface area contributed by atoms with Crippen molar-refractivity contribution in [1.82, 2.24) is 8.43 Å². The average Bonchev–Trinajstić information content (AvgIpc) is 2.34. The molecule has 16 heavy (non-hydrogen) atoms. The first-order valence-corrected chi connectivity index (χ1v) is 6.97. The molecule has 0 atom stereocenters. The number of hydrogen-bond donors (Lipinski definition) is 1. The second kappa shape index (κ2) is 4.27. The lowest BCUT2D eigenvalue weighted by Crippen LogP contribution is -2.48. The Morgan fingerprint density at radius 2 is 1.94 bits per heavy atom. The van der Waals surface area contributed by atoms with Gasteiger partial charge < -0.3 is 5.32 Å². The molecule has 1 N–H and O–H groups in total. The van der Waals surface area contributed by atoms with Crippen LogP contribution >= 0.6 is 22.9 Å². The number of hydrogen-bond acceptors (Lipinski definition) is 2. The number of halogens is 1. The maximum atomic E-state index is 3.60. The Balaban J connectivity index is 1.97. The van der Waals surface area contributed by atoms with Crippen LogP contribution < -0.4 is 5.32 Å². The highest BCUT2D eigenvalue weighted by molar-refractivity contribution is 14.1. The van der Waals surface area contributed by atoms with Crippen molar-refractivity contribution >= 4 is 22.9 Å². The highest BCUT2D eigenvalue weighted by atomic mass is 127. The number of benzene rings is 1. The lowest BCUT2D eigenvalue weighted by molar-refractivity contribution is 0.237. The molecular weight excluding hydrogens is 311 g/mol. The van der Waals surface area contributed by atoms with Crippen LogP contribution in [0.4, 0.5) is 0 Å². The van der Waals surface area contributed by atoms with Crippen LogP contribution in [-0.2, 0) is 12.0 Å². The minimum atomic E-state index is 0.413. The zero-order valence-corrected chi connectivity index (χ0v) is 11.5. The molecule has 0 radical (unpaired) electrons. The summed E-state index contributed by atoms with van der Waals surface area (Å²) in [6.45, 7) is 4.65. The predicted molar refractivity (Wildman–Crippen MR) is 74.7 cm³/mol. The van der Waals surface area contributed by atoms with Crippen molar-refractivity contribution < 1.29 is 0 Å². The number of nitrogens with one attached hydrogen (secondary N) is 1. The van der Waals surface area contributed by atoms with E-state index < -0.39 is 0 Å². The Bertz CT molecular complexity index is 383. The van der Waals surface area contributed by atoms with Gasteiger partial charge in [-0.1, -0.05) is 24.3 Å². The van der Waals surface area contributed by atoms with Gasteiger partial charge in [0, 0.05) is 54.5 Å². The summed E-state index contributed by atoms with van der Waals surface area (Å²) in [7, 11) is 0. The molecule has 1 aromatic carbocycles. The first-order chi connectivity index (χ1) is 7.80. The van der Waals surface area contributed by atoms with E-state index in [4.69, 9.17) is 0 Å². The summed E-state index contributed by atoms with van der Waals surface area (Å²) in [4.78, 5) is 0. The number of piperidine rings is 1. The lowest BCUT2D eigenvalue weighted by atomic mass is 9.70. The highest BCUT2D eigenvalue weighted by Gasteiger charge is 2.38. The molecule has 2 nitrogen and oxygen atoms in total. The van der Waals surface area contributed by atoms with Crippen LogP contribution in [0.25, 0.3) is 0 Å². The molecule has 86 valence electrons. The fourth-order valence-electron chi connectivity index (χ4n) is 3.08. The van der Waals surface area contributed by atoms with E-state index in [0.717, 1.165) is 13.1 Å². The monoisotopic (exact) mass is 328 g/mol. The molecular formula is C13H17IN2. The van der Waals surface area contributed by atoms with E-state index in [-0.39, 0.29) is 0 Å². The second-order valence-corrected chi connectivity index (χ2v) is 6.32. The fraction of sp³-hybridized carbons (Fsp3) is 0.538. The summed E-state index contributed by atoms with van der Waals surface area (Å²) in [6.07, 6.45) is 2.58. The van der Waals surface area contributed by atoms with Crippen LogP contribution in [0.5, 0.6) is 0 Å². The normalized spacial score (nSPS) is 24.3. The Morgan fingerprint density at radius 1 is 1.19 bits per heavy atom. The SMILES string of the molecule is IN1CCC2(CC1)CNCc1ccccc12. The summed E-state index contributed by atoms with van der Waals surface area (Å²) in [6, 6.07) is 8.98. The molecule has 0 bridgehead atoms. The van der Waals surface area contributed by atoms with Crippen molar-refractivity contribution in [3.05, 3.63) is 35.4 Å². The van der Waals surface area contributed by atoms with Gasteiger partial charge in [-0.2, -0.15) is 0 Å². The van der Waals surface area contributed by atoms with E-state index in [1.165, 1.54) is 31.5 Å². The average molecular weight is 328 g/mol. The minimum Gasteiger partial charge on any atom is -0.312 e. The van der Waals surface area contributed by atoms with Crippen LogP contribution in [0.3, 0.4) is 0 Å². The van der Waals surface area contributed by atoms with Crippen LogP contribution in [-0.4, -0.2) is 22.7 Å². The van der Waals surface area contributed by atoms with Gasteiger partial charge in [-0.25, -0.2) is 3.11 Å². The smallest absolute Gasteiger partial charge is 0.0208 e. The third kappa shape index (κ3) is 1.79. The molecule has 2 heterocycles. The molecule has 1 fully saturated rings. The summed E-state index contributed by atoms with van der Waals surface area (Å²) >= 11 is 2.45. The number of rotatable bonds is 0. The quantitative estimate of drug-likeness (QED) is 0.581. The topological polar surface area (TPSA) is 15.3 Å².